The van der Waals surface area contributed by atoms with Gasteiger partial charge in [0.05, 0.1) is 22.9 Å². The molecule has 0 atom stereocenters. The van der Waals surface area contributed by atoms with Gasteiger partial charge in [-0.1, -0.05) is 112 Å². The van der Waals surface area contributed by atoms with Gasteiger partial charge in [0.2, 0.25) is 0 Å². The molecule has 0 aliphatic heterocycles. The summed E-state index contributed by atoms with van der Waals surface area (Å²) in [6, 6.07) is 33.5. The number of aromatic nitrogens is 2. The number of H-pyrrole nitrogens is 1. The van der Waals surface area contributed by atoms with E-state index in [1.807, 2.05) is 24.4 Å². The normalized spacial score (nSPS) is 12.0. The molecule has 3 heteroatoms. The van der Waals surface area contributed by atoms with Crippen LogP contribution in [0.3, 0.4) is 0 Å². The number of hydrogen-bond donors (Lipinski definition) is 1. The summed E-state index contributed by atoms with van der Waals surface area (Å²) in [4.78, 5) is 13.3. The fraction of sp³-hybridized carbons (Fsp3) is 0.133. The van der Waals surface area contributed by atoms with Crippen molar-refractivity contribution in [3.05, 3.63) is 108 Å². The van der Waals surface area contributed by atoms with Crippen LogP contribution in [0.25, 0.3) is 33.3 Å². The van der Waals surface area contributed by atoms with Crippen LogP contribution in [0.1, 0.15) is 32.2 Å². The van der Waals surface area contributed by atoms with Gasteiger partial charge < -0.3 is 4.98 Å². The molecular weight excluding hydrogens is 402 g/mol. The first kappa shape index (κ1) is 20.9. The number of benzene rings is 4. The predicted octanol–water partition coefficient (Wildman–Crippen LogP) is 7.95. The van der Waals surface area contributed by atoms with Crippen LogP contribution in [0.4, 0.5) is 5.69 Å². The molecular formula is C30H27N3. The first-order valence-electron chi connectivity index (χ1n) is 11.3. The van der Waals surface area contributed by atoms with Gasteiger partial charge in [-0.3, -0.25) is 4.99 Å². The minimum atomic E-state index is 0.0166. The highest BCUT2D eigenvalue weighted by Crippen LogP contribution is 2.35. The van der Waals surface area contributed by atoms with Crippen molar-refractivity contribution in [3.8, 4) is 22.3 Å². The van der Waals surface area contributed by atoms with Crippen molar-refractivity contribution in [2.45, 2.75) is 26.2 Å². The number of hydrogen-bond acceptors (Lipinski definition) is 2. The minimum Gasteiger partial charge on any atom is -0.337 e. The molecule has 0 aliphatic rings. The molecule has 5 aromatic rings. The van der Waals surface area contributed by atoms with E-state index in [-0.39, 0.29) is 5.41 Å². The van der Waals surface area contributed by atoms with E-state index in [4.69, 9.17) is 9.98 Å². The number of nitrogens with one attached hydrogen (secondary N) is 1. The predicted molar refractivity (Wildman–Crippen MR) is 139 cm³/mol. The van der Waals surface area contributed by atoms with Gasteiger partial charge in [-0.05, 0) is 28.2 Å². The lowest BCUT2D eigenvalue weighted by molar-refractivity contribution is 0.591. The summed E-state index contributed by atoms with van der Waals surface area (Å²) in [5.41, 5.74) is 8.72. The summed E-state index contributed by atoms with van der Waals surface area (Å²) >= 11 is 0. The maximum Gasteiger partial charge on any atom is 0.149 e. The van der Waals surface area contributed by atoms with Gasteiger partial charge in [-0.2, -0.15) is 0 Å². The van der Waals surface area contributed by atoms with Crippen LogP contribution in [-0.4, -0.2) is 16.2 Å². The molecule has 5 rings (SSSR count). The van der Waals surface area contributed by atoms with Crippen LogP contribution in [0.15, 0.2) is 102 Å². The summed E-state index contributed by atoms with van der Waals surface area (Å²) in [6.45, 7) is 6.63. The molecule has 0 saturated carbocycles. The largest absolute Gasteiger partial charge is 0.337 e. The topological polar surface area (TPSA) is 41.0 Å². The van der Waals surface area contributed by atoms with Crippen molar-refractivity contribution < 1.29 is 0 Å². The molecule has 0 unspecified atom stereocenters. The Labute approximate surface area is 194 Å². The highest BCUT2D eigenvalue weighted by molar-refractivity contribution is 6.02. The van der Waals surface area contributed by atoms with Crippen LogP contribution < -0.4 is 0 Å². The standard InChI is InChI=1S/C30H27N3/c1-30(2,3)25-16-10-11-17-26(25)31-20-27-32-28-23(21-12-6-4-7-13-21)18-19-24(29(28)33-27)22-14-8-5-9-15-22/h4-20H,1-3H3,(H,32,33)/b31-20+. The number of aromatic amines is 1. The maximum absolute atomic E-state index is 4.98. The molecule has 4 aromatic carbocycles. The van der Waals surface area contributed by atoms with Crippen LogP contribution in [-0.2, 0) is 5.41 Å². The Bertz CT molecular complexity index is 1350. The van der Waals surface area contributed by atoms with Crippen molar-refractivity contribution >= 4 is 22.9 Å². The molecule has 1 aromatic heterocycles. The van der Waals surface area contributed by atoms with E-state index in [1.165, 1.54) is 5.56 Å². The highest BCUT2D eigenvalue weighted by atomic mass is 14.9. The van der Waals surface area contributed by atoms with E-state index < -0.39 is 0 Å². The number of fused-ring (bicyclic) bond motifs is 1. The number of nitrogens with zero attached hydrogens (tertiary/aromatic N) is 2. The van der Waals surface area contributed by atoms with Crippen molar-refractivity contribution in [1.82, 2.24) is 9.97 Å². The van der Waals surface area contributed by atoms with Crippen molar-refractivity contribution in [1.29, 1.82) is 0 Å². The molecule has 33 heavy (non-hydrogen) atoms. The Balaban J connectivity index is 1.65. The Kier molecular flexibility index (Phi) is 5.39. The van der Waals surface area contributed by atoms with Gasteiger partial charge in [0.1, 0.15) is 5.82 Å². The average Bonchev–Trinajstić information content (AvgIpc) is 3.27. The van der Waals surface area contributed by atoms with Gasteiger partial charge in [-0.15, -0.1) is 0 Å². The Morgan fingerprint density at radius 2 is 1.27 bits per heavy atom. The van der Waals surface area contributed by atoms with Gasteiger partial charge >= 0.3 is 0 Å². The SMILES string of the molecule is CC(C)(C)c1ccccc1/N=C/c1nc2c(-c3ccccc3)ccc(-c3ccccc3)c2[nH]1. The minimum absolute atomic E-state index is 0.0166. The molecule has 1 heterocycles. The van der Waals surface area contributed by atoms with Crippen molar-refractivity contribution in [2.24, 2.45) is 4.99 Å². The molecule has 1 N–H and O–H groups in total. The monoisotopic (exact) mass is 429 g/mol. The van der Waals surface area contributed by atoms with E-state index in [9.17, 15) is 0 Å². The zero-order valence-corrected chi connectivity index (χ0v) is 19.2. The summed E-state index contributed by atoms with van der Waals surface area (Å²) < 4.78 is 0. The zero-order valence-electron chi connectivity index (χ0n) is 19.2. The van der Waals surface area contributed by atoms with E-state index in [2.05, 4.69) is 105 Å². The van der Waals surface area contributed by atoms with Crippen LogP contribution in [0, 0.1) is 0 Å². The molecule has 0 spiro atoms. The number of para-hydroxylation sites is 1. The third-order valence-corrected chi connectivity index (χ3v) is 5.87. The first-order valence-corrected chi connectivity index (χ1v) is 11.3. The van der Waals surface area contributed by atoms with E-state index in [0.29, 0.717) is 0 Å². The lowest BCUT2D eigenvalue weighted by Crippen LogP contribution is -2.11. The molecule has 3 nitrogen and oxygen atoms in total. The Morgan fingerprint density at radius 3 is 1.94 bits per heavy atom. The molecule has 0 saturated heterocycles. The lowest BCUT2D eigenvalue weighted by atomic mass is 9.86. The second-order valence-electron chi connectivity index (χ2n) is 9.26. The summed E-state index contributed by atoms with van der Waals surface area (Å²) in [5, 5.41) is 0. The quantitative estimate of drug-likeness (QED) is 0.289. The van der Waals surface area contributed by atoms with Gasteiger partial charge in [0.25, 0.3) is 0 Å². The zero-order chi connectivity index (χ0) is 22.8. The Hall–Kier alpha value is -3.98. The van der Waals surface area contributed by atoms with Gasteiger partial charge in [0, 0.05) is 11.1 Å². The summed E-state index contributed by atoms with van der Waals surface area (Å²) in [6.07, 6.45) is 1.84. The first-order chi connectivity index (χ1) is 16.0. The third-order valence-electron chi connectivity index (χ3n) is 5.87. The summed E-state index contributed by atoms with van der Waals surface area (Å²) in [7, 11) is 0. The highest BCUT2D eigenvalue weighted by Gasteiger charge is 2.17. The fourth-order valence-corrected chi connectivity index (χ4v) is 4.23. The van der Waals surface area contributed by atoms with E-state index in [0.717, 1.165) is 44.8 Å². The molecule has 0 amide bonds. The second kappa shape index (κ2) is 8.51. The number of imidazole rings is 1. The number of aliphatic imine (C=N–C) groups is 1. The van der Waals surface area contributed by atoms with Crippen LogP contribution in [0.2, 0.25) is 0 Å². The van der Waals surface area contributed by atoms with Gasteiger partial charge in [-0.25, -0.2) is 4.98 Å². The molecule has 0 radical (unpaired) electrons. The fourth-order valence-electron chi connectivity index (χ4n) is 4.23. The molecule has 0 bridgehead atoms. The van der Waals surface area contributed by atoms with E-state index >= 15 is 0 Å². The van der Waals surface area contributed by atoms with Gasteiger partial charge in [0.15, 0.2) is 0 Å². The van der Waals surface area contributed by atoms with Crippen molar-refractivity contribution in [3.63, 3.8) is 0 Å². The summed E-state index contributed by atoms with van der Waals surface area (Å²) in [5.74, 6) is 0.745. The van der Waals surface area contributed by atoms with Crippen LogP contribution >= 0.6 is 0 Å². The maximum atomic E-state index is 4.98. The van der Waals surface area contributed by atoms with Crippen LogP contribution in [0.5, 0.6) is 0 Å². The van der Waals surface area contributed by atoms with E-state index in [1.54, 1.807) is 0 Å². The van der Waals surface area contributed by atoms with Crippen molar-refractivity contribution in [2.75, 3.05) is 0 Å². The third kappa shape index (κ3) is 4.22. The average molecular weight is 430 g/mol. The second-order valence-corrected chi connectivity index (χ2v) is 9.26. The number of rotatable bonds is 4. The molecule has 0 aliphatic carbocycles. The lowest BCUT2D eigenvalue weighted by Gasteiger charge is -2.20. The Morgan fingerprint density at radius 1 is 0.697 bits per heavy atom. The smallest absolute Gasteiger partial charge is 0.149 e. The molecule has 162 valence electrons. The molecule has 0 fully saturated rings.